The number of amides is 1. The third-order valence-electron chi connectivity index (χ3n) is 4.56. The van der Waals surface area contributed by atoms with Crippen LogP contribution in [0.4, 0.5) is 5.69 Å². The summed E-state index contributed by atoms with van der Waals surface area (Å²) in [5.74, 6) is 1.12. The standard InChI is InChI=1S/C20H20N4O2/c25-20(11-16-9-10-26-19-4-2-1-3-18(16)19)23-17-7-5-15(6-8-17)12-24-14-21-13-22-24/h1-8,13-14,16H,9-12H2,(H,23,25)/t16-/m0/s1. The summed E-state index contributed by atoms with van der Waals surface area (Å²) >= 11 is 0. The molecule has 132 valence electrons. The first kappa shape index (κ1) is 16.3. The Kier molecular flexibility index (Phi) is 4.64. The number of nitrogens with zero attached hydrogens (tertiary/aromatic N) is 3. The SMILES string of the molecule is O=C(C[C@@H]1CCOc2ccccc21)Nc1ccc(Cn2cncn2)cc1. The maximum absolute atomic E-state index is 12.5. The van der Waals surface area contributed by atoms with Gasteiger partial charge in [0.2, 0.25) is 5.91 Å². The van der Waals surface area contributed by atoms with Gasteiger partial charge in [-0.25, -0.2) is 9.67 Å². The smallest absolute Gasteiger partial charge is 0.224 e. The summed E-state index contributed by atoms with van der Waals surface area (Å²) < 4.78 is 7.43. The Balaban J connectivity index is 1.36. The van der Waals surface area contributed by atoms with Gasteiger partial charge in [0.25, 0.3) is 0 Å². The number of anilines is 1. The van der Waals surface area contributed by atoms with Crippen LogP contribution in [0.15, 0.2) is 61.2 Å². The number of hydrogen-bond donors (Lipinski definition) is 1. The van der Waals surface area contributed by atoms with Crippen molar-refractivity contribution >= 4 is 11.6 Å². The molecule has 0 saturated carbocycles. The lowest BCUT2D eigenvalue weighted by molar-refractivity contribution is -0.116. The van der Waals surface area contributed by atoms with Gasteiger partial charge in [0.05, 0.1) is 13.2 Å². The second-order valence-corrected chi connectivity index (χ2v) is 6.41. The lowest BCUT2D eigenvalue weighted by Crippen LogP contribution is -2.20. The van der Waals surface area contributed by atoms with Crippen molar-refractivity contribution in [2.45, 2.75) is 25.3 Å². The van der Waals surface area contributed by atoms with E-state index in [9.17, 15) is 4.79 Å². The van der Waals surface area contributed by atoms with Gasteiger partial charge >= 0.3 is 0 Å². The summed E-state index contributed by atoms with van der Waals surface area (Å²) in [6.07, 6.45) is 4.52. The molecule has 0 aliphatic carbocycles. The quantitative estimate of drug-likeness (QED) is 0.769. The molecule has 1 aliphatic rings. The number of carbonyl (C=O) groups excluding carboxylic acids is 1. The molecule has 1 amide bonds. The zero-order chi connectivity index (χ0) is 17.8. The van der Waals surface area contributed by atoms with Gasteiger partial charge in [-0.2, -0.15) is 5.10 Å². The predicted octanol–water partition coefficient (Wildman–Crippen LogP) is 3.22. The molecular formula is C20H20N4O2. The zero-order valence-electron chi connectivity index (χ0n) is 14.3. The van der Waals surface area contributed by atoms with Crippen molar-refractivity contribution in [2.75, 3.05) is 11.9 Å². The van der Waals surface area contributed by atoms with Gasteiger partial charge in [0.1, 0.15) is 18.4 Å². The Bertz CT molecular complexity index is 875. The number of aromatic nitrogens is 3. The van der Waals surface area contributed by atoms with Gasteiger partial charge in [-0.05, 0) is 41.7 Å². The Morgan fingerprint density at radius 3 is 2.85 bits per heavy atom. The highest BCUT2D eigenvalue weighted by atomic mass is 16.5. The number of benzene rings is 2. The van der Waals surface area contributed by atoms with Crippen molar-refractivity contribution in [1.29, 1.82) is 0 Å². The highest BCUT2D eigenvalue weighted by Crippen LogP contribution is 2.35. The molecule has 1 aliphatic heterocycles. The van der Waals surface area contributed by atoms with Crippen LogP contribution in [0.25, 0.3) is 0 Å². The van der Waals surface area contributed by atoms with E-state index in [4.69, 9.17) is 4.74 Å². The molecule has 0 bridgehead atoms. The molecule has 0 fully saturated rings. The van der Waals surface area contributed by atoms with Crippen LogP contribution in [0.1, 0.15) is 29.9 Å². The average molecular weight is 348 g/mol. The Hall–Kier alpha value is -3.15. The number of hydrogen-bond acceptors (Lipinski definition) is 4. The minimum atomic E-state index is 0.0238. The lowest BCUT2D eigenvalue weighted by Gasteiger charge is -2.25. The fourth-order valence-corrected chi connectivity index (χ4v) is 3.26. The van der Waals surface area contributed by atoms with Crippen LogP contribution in [-0.4, -0.2) is 27.3 Å². The van der Waals surface area contributed by atoms with Crippen molar-refractivity contribution in [1.82, 2.24) is 14.8 Å². The first-order chi connectivity index (χ1) is 12.8. The zero-order valence-corrected chi connectivity index (χ0v) is 14.3. The average Bonchev–Trinajstić information content (AvgIpc) is 3.17. The van der Waals surface area contributed by atoms with E-state index >= 15 is 0 Å². The van der Waals surface area contributed by atoms with Crippen LogP contribution in [0, 0.1) is 0 Å². The van der Waals surface area contributed by atoms with Gasteiger partial charge in [-0.3, -0.25) is 4.79 Å². The molecule has 1 atom stereocenters. The van der Waals surface area contributed by atoms with E-state index in [0.717, 1.165) is 29.0 Å². The van der Waals surface area contributed by atoms with Crippen LogP contribution in [0.5, 0.6) is 5.75 Å². The monoisotopic (exact) mass is 348 g/mol. The molecule has 0 spiro atoms. The molecule has 6 heteroatoms. The number of fused-ring (bicyclic) bond motifs is 1. The second kappa shape index (κ2) is 7.39. The van der Waals surface area contributed by atoms with Gasteiger partial charge in [0, 0.05) is 12.1 Å². The van der Waals surface area contributed by atoms with Gasteiger partial charge < -0.3 is 10.1 Å². The second-order valence-electron chi connectivity index (χ2n) is 6.41. The van der Waals surface area contributed by atoms with Gasteiger partial charge in [-0.15, -0.1) is 0 Å². The van der Waals surface area contributed by atoms with E-state index in [0.29, 0.717) is 19.6 Å². The molecule has 0 radical (unpaired) electrons. The molecule has 1 aromatic heterocycles. The topological polar surface area (TPSA) is 69.0 Å². The molecule has 2 aromatic carbocycles. The molecule has 0 saturated heterocycles. The summed E-state index contributed by atoms with van der Waals surface area (Å²) in [7, 11) is 0. The van der Waals surface area contributed by atoms with E-state index in [2.05, 4.69) is 15.4 Å². The first-order valence-electron chi connectivity index (χ1n) is 8.71. The van der Waals surface area contributed by atoms with Crippen LogP contribution in [-0.2, 0) is 11.3 Å². The van der Waals surface area contributed by atoms with Crippen molar-refractivity contribution in [3.8, 4) is 5.75 Å². The molecular weight excluding hydrogens is 328 g/mol. The van der Waals surface area contributed by atoms with Crippen LogP contribution < -0.4 is 10.1 Å². The maximum atomic E-state index is 12.5. The van der Waals surface area contributed by atoms with Gasteiger partial charge in [-0.1, -0.05) is 30.3 Å². The fraction of sp³-hybridized carbons (Fsp3) is 0.250. The summed E-state index contributed by atoms with van der Waals surface area (Å²) in [6, 6.07) is 15.8. The lowest BCUT2D eigenvalue weighted by atomic mass is 9.90. The number of carbonyl (C=O) groups is 1. The van der Waals surface area contributed by atoms with Gasteiger partial charge in [0.15, 0.2) is 0 Å². The number of nitrogens with one attached hydrogen (secondary N) is 1. The highest BCUT2D eigenvalue weighted by molar-refractivity contribution is 5.91. The third-order valence-corrected chi connectivity index (χ3v) is 4.56. The van der Waals surface area contributed by atoms with Crippen molar-refractivity contribution < 1.29 is 9.53 Å². The molecule has 1 N–H and O–H groups in total. The molecule has 0 unspecified atom stereocenters. The molecule has 3 aromatic rings. The number of para-hydroxylation sites is 1. The van der Waals surface area contributed by atoms with Crippen molar-refractivity contribution in [2.24, 2.45) is 0 Å². The summed E-state index contributed by atoms with van der Waals surface area (Å²) in [6.45, 7) is 1.32. The van der Waals surface area contributed by atoms with E-state index in [1.165, 1.54) is 6.33 Å². The van der Waals surface area contributed by atoms with E-state index < -0.39 is 0 Å². The fourth-order valence-electron chi connectivity index (χ4n) is 3.26. The molecule has 26 heavy (non-hydrogen) atoms. The normalized spacial score (nSPS) is 15.8. The van der Waals surface area contributed by atoms with Crippen molar-refractivity contribution in [3.05, 3.63) is 72.3 Å². The summed E-state index contributed by atoms with van der Waals surface area (Å²) in [4.78, 5) is 16.4. The minimum absolute atomic E-state index is 0.0238. The Morgan fingerprint density at radius 2 is 2.04 bits per heavy atom. The van der Waals surface area contributed by atoms with Crippen LogP contribution in [0.3, 0.4) is 0 Å². The van der Waals surface area contributed by atoms with E-state index in [1.807, 2.05) is 48.5 Å². The highest BCUT2D eigenvalue weighted by Gasteiger charge is 2.23. The van der Waals surface area contributed by atoms with E-state index in [-0.39, 0.29) is 11.8 Å². The molecule has 2 heterocycles. The molecule has 4 rings (SSSR count). The third kappa shape index (κ3) is 3.74. The minimum Gasteiger partial charge on any atom is -0.493 e. The van der Waals surface area contributed by atoms with Crippen LogP contribution in [0.2, 0.25) is 0 Å². The summed E-state index contributed by atoms with van der Waals surface area (Å²) in [5, 5.41) is 7.08. The van der Waals surface area contributed by atoms with Crippen molar-refractivity contribution in [3.63, 3.8) is 0 Å². The van der Waals surface area contributed by atoms with E-state index in [1.54, 1.807) is 11.0 Å². The molecule has 6 nitrogen and oxygen atoms in total. The maximum Gasteiger partial charge on any atom is 0.224 e. The predicted molar refractivity (Wildman–Crippen MR) is 98.1 cm³/mol. The number of ether oxygens (including phenoxy) is 1. The largest absolute Gasteiger partial charge is 0.493 e. The number of rotatable bonds is 5. The Labute approximate surface area is 151 Å². The Morgan fingerprint density at radius 1 is 1.19 bits per heavy atom. The van der Waals surface area contributed by atoms with Crippen LogP contribution >= 0.6 is 0 Å². The first-order valence-corrected chi connectivity index (χ1v) is 8.71. The summed E-state index contributed by atoms with van der Waals surface area (Å²) in [5.41, 5.74) is 3.03.